The van der Waals surface area contributed by atoms with E-state index in [2.05, 4.69) is 0 Å². The lowest BCUT2D eigenvalue weighted by atomic mass is 10.1. The number of amides is 1. The van der Waals surface area contributed by atoms with Crippen molar-refractivity contribution in [3.05, 3.63) is 41.3 Å². The lowest BCUT2D eigenvalue weighted by Gasteiger charge is -2.17. The van der Waals surface area contributed by atoms with E-state index >= 15 is 0 Å². The van der Waals surface area contributed by atoms with Gasteiger partial charge in [0.2, 0.25) is 0 Å². The summed E-state index contributed by atoms with van der Waals surface area (Å²) in [5.74, 6) is 0.169. The van der Waals surface area contributed by atoms with Crippen LogP contribution in [0.4, 0.5) is 0 Å². The molecule has 90 valence electrons. The average Bonchev–Trinajstić information content (AvgIpc) is 2.90. The van der Waals surface area contributed by atoms with Crippen molar-refractivity contribution in [3.63, 3.8) is 0 Å². The Hall–Kier alpha value is -1.22. The van der Waals surface area contributed by atoms with Gasteiger partial charge in [-0.05, 0) is 30.1 Å². The molecule has 1 amide bonds. The van der Waals surface area contributed by atoms with E-state index < -0.39 is 0 Å². The van der Waals surface area contributed by atoms with Gasteiger partial charge in [0.15, 0.2) is 0 Å². The summed E-state index contributed by atoms with van der Waals surface area (Å²) in [6.07, 6.45) is 4.25. The van der Waals surface area contributed by atoms with Gasteiger partial charge in [0.05, 0.1) is 5.57 Å². The average molecular weight is 247 g/mol. The van der Waals surface area contributed by atoms with Gasteiger partial charge in [-0.3, -0.25) is 4.79 Å². The van der Waals surface area contributed by atoms with Crippen molar-refractivity contribution in [2.75, 3.05) is 19.3 Å². The quantitative estimate of drug-likeness (QED) is 0.765. The normalized spacial score (nSPS) is 16.3. The zero-order valence-corrected chi connectivity index (χ0v) is 10.9. The lowest BCUT2D eigenvalue weighted by molar-refractivity contribution is -0.123. The summed E-state index contributed by atoms with van der Waals surface area (Å²) >= 11 is 1.58. The standard InChI is InChI=1S/C14H17NOS/c1-17-11-13(12-7-3-2-4-8-12)14(16)15-9-5-6-10-15/h2-4,7-8,11H,5-6,9-10H2,1H3/b13-11+. The number of carbonyl (C=O) groups excluding carboxylic acids is 1. The third-order valence-corrected chi connectivity index (χ3v) is 3.42. The number of carbonyl (C=O) groups is 1. The van der Waals surface area contributed by atoms with Gasteiger partial charge in [-0.2, -0.15) is 0 Å². The molecule has 3 heteroatoms. The highest BCUT2D eigenvalue weighted by Gasteiger charge is 2.22. The molecule has 0 aliphatic carbocycles. The smallest absolute Gasteiger partial charge is 0.254 e. The highest BCUT2D eigenvalue weighted by Crippen LogP contribution is 2.22. The van der Waals surface area contributed by atoms with Crippen molar-refractivity contribution < 1.29 is 4.79 Å². The summed E-state index contributed by atoms with van der Waals surface area (Å²) in [6.45, 7) is 1.80. The van der Waals surface area contributed by atoms with Crippen LogP contribution in [-0.4, -0.2) is 30.2 Å². The van der Waals surface area contributed by atoms with E-state index in [1.165, 1.54) is 0 Å². The van der Waals surface area contributed by atoms with Crippen molar-refractivity contribution in [1.82, 2.24) is 4.90 Å². The Bertz CT molecular complexity index is 407. The second-order valence-corrected chi connectivity index (χ2v) is 4.84. The monoisotopic (exact) mass is 247 g/mol. The number of rotatable bonds is 3. The highest BCUT2D eigenvalue weighted by atomic mass is 32.2. The van der Waals surface area contributed by atoms with Gasteiger partial charge in [-0.1, -0.05) is 30.3 Å². The van der Waals surface area contributed by atoms with Gasteiger partial charge >= 0.3 is 0 Å². The third kappa shape index (κ3) is 2.91. The molecule has 1 fully saturated rings. The molecule has 0 bridgehead atoms. The highest BCUT2D eigenvalue weighted by molar-refractivity contribution is 8.01. The molecule has 0 saturated carbocycles. The van der Waals surface area contributed by atoms with E-state index in [1.54, 1.807) is 11.8 Å². The van der Waals surface area contributed by atoms with Crippen LogP contribution < -0.4 is 0 Å². The number of benzene rings is 1. The first-order valence-electron chi connectivity index (χ1n) is 5.90. The summed E-state index contributed by atoms with van der Waals surface area (Å²) in [4.78, 5) is 14.3. The molecule has 1 aliphatic rings. The number of nitrogens with zero attached hydrogens (tertiary/aromatic N) is 1. The summed E-state index contributed by atoms with van der Waals surface area (Å²) in [7, 11) is 0. The minimum atomic E-state index is 0.169. The van der Waals surface area contributed by atoms with Crippen LogP contribution in [0.5, 0.6) is 0 Å². The Morgan fingerprint density at radius 3 is 2.47 bits per heavy atom. The van der Waals surface area contributed by atoms with Crippen LogP contribution in [0.15, 0.2) is 35.7 Å². The molecule has 0 spiro atoms. The molecule has 1 heterocycles. The molecule has 1 saturated heterocycles. The number of likely N-dealkylation sites (tertiary alicyclic amines) is 1. The minimum Gasteiger partial charge on any atom is -0.339 e. The van der Waals surface area contributed by atoms with Crippen LogP contribution in [-0.2, 0) is 4.79 Å². The fourth-order valence-electron chi connectivity index (χ4n) is 2.07. The maximum Gasteiger partial charge on any atom is 0.254 e. The maximum atomic E-state index is 12.4. The maximum absolute atomic E-state index is 12.4. The van der Waals surface area contributed by atoms with Crippen molar-refractivity contribution in [1.29, 1.82) is 0 Å². The molecule has 2 nitrogen and oxygen atoms in total. The first-order valence-corrected chi connectivity index (χ1v) is 7.19. The summed E-state index contributed by atoms with van der Waals surface area (Å²) in [5.41, 5.74) is 1.83. The molecule has 1 aromatic rings. The topological polar surface area (TPSA) is 20.3 Å². The van der Waals surface area contributed by atoms with Crippen molar-refractivity contribution in [2.45, 2.75) is 12.8 Å². The Morgan fingerprint density at radius 2 is 1.88 bits per heavy atom. The van der Waals surface area contributed by atoms with Gasteiger partial charge in [0, 0.05) is 13.1 Å². The van der Waals surface area contributed by atoms with Gasteiger partial charge in [-0.15, -0.1) is 11.8 Å². The molecule has 1 aromatic carbocycles. The van der Waals surface area contributed by atoms with Crippen LogP contribution in [0.25, 0.3) is 5.57 Å². The zero-order valence-electron chi connectivity index (χ0n) is 10.1. The largest absolute Gasteiger partial charge is 0.339 e. The Kier molecular flexibility index (Phi) is 4.26. The molecule has 0 radical (unpaired) electrons. The van der Waals surface area contributed by atoms with Crippen molar-refractivity contribution in [2.24, 2.45) is 0 Å². The van der Waals surface area contributed by atoms with Crippen molar-refractivity contribution in [3.8, 4) is 0 Å². The van der Waals surface area contributed by atoms with E-state index in [0.717, 1.165) is 37.1 Å². The van der Waals surface area contributed by atoms with Crippen molar-refractivity contribution >= 4 is 23.2 Å². The Morgan fingerprint density at radius 1 is 1.24 bits per heavy atom. The SMILES string of the molecule is CS/C=C(/C(=O)N1CCCC1)c1ccccc1. The summed E-state index contributed by atoms with van der Waals surface area (Å²) in [6, 6.07) is 9.91. The third-order valence-electron chi connectivity index (χ3n) is 2.94. The molecular weight excluding hydrogens is 230 g/mol. The van der Waals surface area contributed by atoms with Crippen LogP contribution in [0.1, 0.15) is 18.4 Å². The molecule has 0 N–H and O–H groups in total. The summed E-state index contributed by atoms with van der Waals surface area (Å²) < 4.78 is 0. The molecular formula is C14H17NOS. The fraction of sp³-hybridized carbons (Fsp3) is 0.357. The molecule has 0 unspecified atom stereocenters. The van der Waals surface area contributed by atoms with Gasteiger partial charge in [-0.25, -0.2) is 0 Å². The van der Waals surface area contributed by atoms with Crippen LogP contribution in [0.3, 0.4) is 0 Å². The van der Waals surface area contributed by atoms with E-state index in [1.807, 2.05) is 46.9 Å². The number of hydrogen-bond acceptors (Lipinski definition) is 2. The molecule has 0 aromatic heterocycles. The predicted molar refractivity (Wildman–Crippen MR) is 73.7 cm³/mol. The first kappa shape index (κ1) is 12.2. The van der Waals surface area contributed by atoms with E-state index in [-0.39, 0.29) is 5.91 Å². The predicted octanol–water partition coefficient (Wildman–Crippen LogP) is 3.01. The Balaban J connectivity index is 2.23. The molecule has 2 rings (SSSR count). The molecule has 17 heavy (non-hydrogen) atoms. The zero-order chi connectivity index (χ0) is 12.1. The van der Waals surface area contributed by atoms with E-state index in [4.69, 9.17) is 0 Å². The first-order chi connectivity index (χ1) is 8.33. The number of thioether (sulfide) groups is 1. The lowest BCUT2D eigenvalue weighted by Crippen LogP contribution is -2.28. The van der Waals surface area contributed by atoms with E-state index in [9.17, 15) is 4.79 Å². The second kappa shape index (κ2) is 5.92. The van der Waals surface area contributed by atoms with Gasteiger partial charge in [0.1, 0.15) is 0 Å². The van der Waals surface area contributed by atoms with Gasteiger partial charge in [0.25, 0.3) is 5.91 Å². The fourth-order valence-corrected chi connectivity index (χ4v) is 2.54. The summed E-state index contributed by atoms with van der Waals surface area (Å²) in [5, 5.41) is 1.95. The van der Waals surface area contributed by atoms with Crippen LogP contribution >= 0.6 is 11.8 Å². The van der Waals surface area contributed by atoms with Crippen LogP contribution in [0.2, 0.25) is 0 Å². The second-order valence-electron chi connectivity index (χ2n) is 4.13. The molecule has 1 aliphatic heterocycles. The number of hydrogen-bond donors (Lipinski definition) is 0. The van der Waals surface area contributed by atoms with E-state index in [0.29, 0.717) is 0 Å². The Labute approximate surface area is 107 Å². The van der Waals surface area contributed by atoms with Crippen LogP contribution in [0, 0.1) is 0 Å². The van der Waals surface area contributed by atoms with Gasteiger partial charge < -0.3 is 4.90 Å². The minimum absolute atomic E-state index is 0.169. The molecule has 0 atom stereocenters.